The number of allylic oxidation sites excluding steroid dienone is 1. The molecule has 2 unspecified atom stereocenters. The highest BCUT2D eigenvalue weighted by Gasteiger charge is 2.41. The molecular weight excluding hydrogens is 693 g/mol. The zero-order valence-corrected chi connectivity index (χ0v) is 31.4. The van der Waals surface area contributed by atoms with Crippen LogP contribution in [0, 0.1) is 11.8 Å². The van der Waals surface area contributed by atoms with Crippen LogP contribution in [0.1, 0.15) is 49.4 Å². The minimum Gasteiger partial charge on any atom is -0.464 e. The van der Waals surface area contributed by atoms with E-state index < -0.39 is 24.3 Å². The van der Waals surface area contributed by atoms with E-state index in [1.807, 2.05) is 105 Å². The van der Waals surface area contributed by atoms with Gasteiger partial charge in [0.2, 0.25) is 5.91 Å². The molecule has 0 bridgehead atoms. The van der Waals surface area contributed by atoms with Crippen molar-refractivity contribution in [2.24, 2.45) is 11.8 Å². The van der Waals surface area contributed by atoms with Gasteiger partial charge >= 0.3 is 12.1 Å². The SMILES string of the molecule is [B][C@H]1CC(CN(C[C@H](O)[C@H](Cc2ccccc2)NC(=O)[C@H]([C@@H](C)CC)N2CCN(Cc3ccnc4ccccc34)C2=O)NC(=O)O)C=CC1c1ccccn1. The first kappa shape index (κ1) is 39.4. The van der Waals surface area contributed by atoms with Crippen LogP contribution in [0.5, 0.6) is 0 Å². The molecule has 2 aliphatic rings. The predicted molar refractivity (Wildman–Crippen MR) is 212 cm³/mol. The Hall–Kier alpha value is -5.27. The van der Waals surface area contributed by atoms with Crippen LogP contribution in [0.25, 0.3) is 10.9 Å². The van der Waals surface area contributed by atoms with Crippen LogP contribution in [0.15, 0.2) is 103 Å². The second kappa shape index (κ2) is 18.4. The monoisotopic (exact) mass is 743 g/mol. The predicted octanol–water partition coefficient (Wildman–Crippen LogP) is 5.17. The zero-order chi connectivity index (χ0) is 38.9. The summed E-state index contributed by atoms with van der Waals surface area (Å²) < 4.78 is 0. The molecule has 1 fully saturated rings. The van der Waals surface area contributed by atoms with Crippen LogP contribution in [0.4, 0.5) is 9.59 Å². The molecule has 4 N–H and O–H groups in total. The van der Waals surface area contributed by atoms with Crippen molar-refractivity contribution in [3.05, 3.63) is 120 Å². The maximum absolute atomic E-state index is 14.4. The molecule has 0 spiro atoms. The molecule has 7 atom stereocenters. The Labute approximate surface area is 324 Å². The quantitative estimate of drug-likeness (QED) is 0.0698. The van der Waals surface area contributed by atoms with E-state index in [0.717, 1.165) is 27.7 Å². The number of hydrogen-bond acceptors (Lipinski definition) is 7. The van der Waals surface area contributed by atoms with Crippen molar-refractivity contribution >= 4 is 36.8 Å². The number of nitrogens with zero attached hydrogens (tertiary/aromatic N) is 5. The lowest BCUT2D eigenvalue weighted by Gasteiger charge is -2.36. The van der Waals surface area contributed by atoms with E-state index in [2.05, 4.69) is 20.7 Å². The van der Waals surface area contributed by atoms with Crippen molar-refractivity contribution in [1.82, 2.24) is 35.5 Å². The number of aliphatic hydroxyl groups is 1. The van der Waals surface area contributed by atoms with Crippen molar-refractivity contribution in [2.45, 2.75) is 69.6 Å². The summed E-state index contributed by atoms with van der Waals surface area (Å²) in [6.07, 6.45) is 6.61. The lowest BCUT2D eigenvalue weighted by atomic mass is 9.67. The van der Waals surface area contributed by atoms with Gasteiger partial charge in [0.25, 0.3) is 0 Å². The number of aromatic nitrogens is 2. The normalized spacial score (nSPS) is 20.7. The molecule has 286 valence electrons. The van der Waals surface area contributed by atoms with E-state index in [1.54, 1.807) is 22.2 Å². The van der Waals surface area contributed by atoms with Gasteiger partial charge in [-0.25, -0.2) is 14.6 Å². The summed E-state index contributed by atoms with van der Waals surface area (Å²) in [5, 5.41) is 27.1. The molecule has 2 aromatic carbocycles. The van der Waals surface area contributed by atoms with Gasteiger partial charge < -0.3 is 25.3 Å². The Bertz CT molecular complexity index is 1930. The molecule has 1 aliphatic carbocycles. The molecule has 2 aromatic heterocycles. The van der Waals surface area contributed by atoms with Gasteiger partial charge in [0.05, 0.1) is 25.5 Å². The summed E-state index contributed by atoms with van der Waals surface area (Å²) in [5.41, 5.74) is 6.05. The third-order valence-corrected chi connectivity index (χ3v) is 10.9. The molecule has 55 heavy (non-hydrogen) atoms. The maximum atomic E-state index is 14.4. The average Bonchev–Trinajstić information content (AvgIpc) is 3.53. The summed E-state index contributed by atoms with van der Waals surface area (Å²) in [5.74, 6) is -0.920. The lowest BCUT2D eigenvalue weighted by molar-refractivity contribution is -0.128. The minimum absolute atomic E-state index is 0.0575. The van der Waals surface area contributed by atoms with E-state index in [9.17, 15) is 24.6 Å². The molecule has 1 aliphatic heterocycles. The highest BCUT2D eigenvalue weighted by molar-refractivity contribution is 6.12. The van der Waals surface area contributed by atoms with Crippen LogP contribution in [-0.4, -0.2) is 105 Å². The number of carboxylic acid groups (broad SMARTS) is 1. The second-order valence-electron chi connectivity index (χ2n) is 14.7. The van der Waals surface area contributed by atoms with Crippen LogP contribution in [0.2, 0.25) is 5.82 Å². The fourth-order valence-corrected chi connectivity index (χ4v) is 7.81. The minimum atomic E-state index is -1.26. The fourth-order valence-electron chi connectivity index (χ4n) is 7.81. The second-order valence-corrected chi connectivity index (χ2v) is 14.7. The first-order valence-corrected chi connectivity index (χ1v) is 19.1. The standard InChI is InChI=1S/C42H50BN7O5/c1-3-28(2)39(50-22-21-48(42(50)55)26-31-18-20-45-35-14-8-7-13-32(31)35)40(52)46-37(24-29-11-5-4-6-12-29)38(51)27-49(47-41(53)54)25-30-16-17-33(34(43)23-30)36-15-9-10-19-44-36/h4-20,28,30,33-34,37-39,47,51H,3,21-27H2,1-2H3,(H,46,52)(H,53,54)/t28-,30?,33?,34-,37-,38-,39-/m0/s1. The number of benzene rings is 2. The molecule has 4 amide bonds. The Morgan fingerprint density at radius 1 is 0.982 bits per heavy atom. The van der Waals surface area contributed by atoms with E-state index in [-0.39, 0.29) is 55.0 Å². The lowest BCUT2D eigenvalue weighted by Crippen LogP contribution is -2.58. The highest BCUT2D eigenvalue weighted by Crippen LogP contribution is 2.37. The van der Waals surface area contributed by atoms with Crippen LogP contribution >= 0.6 is 0 Å². The maximum Gasteiger partial charge on any atom is 0.419 e. The number of carbonyl (C=O) groups excluding carboxylic acids is 2. The van der Waals surface area contributed by atoms with Gasteiger partial charge in [-0.2, -0.15) is 0 Å². The first-order valence-electron chi connectivity index (χ1n) is 19.1. The third kappa shape index (κ3) is 9.89. The molecule has 2 radical (unpaired) electrons. The number of aliphatic hydroxyl groups excluding tert-OH is 1. The summed E-state index contributed by atoms with van der Waals surface area (Å²) in [6, 6.07) is 23.2. The number of pyridine rings is 2. The average molecular weight is 744 g/mol. The smallest absolute Gasteiger partial charge is 0.419 e. The van der Waals surface area contributed by atoms with Gasteiger partial charge in [-0.05, 0) is 60.1 Å². The molecule has 1 saturated heterocycles. The first-order chi connectivity index (χ1) is 26.6. The summed E-state index contributed by atoms with van der Waals surface area (Å²) in [4.78, 5) is 52.7. The topological polar surface area (TPSA) is 151 Å². The molecule has 6 rings (SSSR count). The van der Waals surface area contributed by atoms with Crippen molar-refractivity contribution in [3.63, 3.8) is 0 Å². The van der Waals surface area contributed by atoms with E-state index in [1.165, 1.54) is 5.01 Å². The molecule has 12 nitrogen and oxygen atoms in total. The Kier molecular flexibility index (Phi) is 13.2. The number of hydrogen-bond donors (Lipinski definition) is 4. The van der Waals surface area contributed by atoms with E-state index in [4.69, 9.17) is 7.85 Å². The number of fused-ring (bicyclic) bond motifs is 1. The molecule has 4 aromatic rings. The van der Waals surface area contributed by atoms with Gasteiger partial charge in [0, 0.05) is 62.1 Å². The number of rotatable bonds is 16. The van der Waals surface area contributed by atoms with Gasteiger partial charge in [0.1, 0.15) is 6.04 Å². The Morgan fingerprint density at radius 2 is 1.75 bits per heavy atom. The largest absolute Gasteiger partial charge is 0.464 e. The zero-order valence-electron chi connectivity index (χ0n) is 31.4. The van der Waals surface area contributed by atoms with Crippen LogP contribution in [0.3, 0.4) is 0 Å². The summed E-state index contributed by atoms with van der Waals surface area (Å²) >= 11 is 0. The summed E-state index contributed by atoms with van der Waals surface area (Å²) in [7, 11) is 6.59. The number of hydrazine groups is 1. The number of nitrogens with one attached hydrogen (secondary N) is 2. The summed E-state index contributed by atoms with van der Waals surface area (Å²) in [6.45, 7) is 5.33. The molecular formula is C42H50BN7O5. The van der Waals surface area contributed by atoms with Gasteiger partial charge in [-0.15, -0.1) is 0 Å². The van der Waals surface area contributed by atoms with Gasteiger partial charge in [-0.3, -0.25) is 20.2 Å². The molecule has 13 heteroatoms. The number of amides is 4. The molecule has 3 heterocycles. The Balaban J connectivity index is 1.17. The number of urea groups is 1. The van der Waals surface area contributed by atoms with Crippen molar-refractivity contribution in [3.8, 4) is 0 Å². The van der Waals surface area contributed by atoms with Crippen LogP contribution in [-0.2, 0) is 17.8 Å². The Morgan fingerprint density at radius 3 is 2.47 bits per heavy atom. The van der Waals surface area contributed by atoms with Crippen molar-refractivity contribution < 1.29 is 24.6 Å². The van der Waals surface area contributed by atoms with E-state index >= 15 is 0 Å². The van der Waals surface area contributed by atoms with Crippen molar-refractivity contribution in [2.75, 3.05) is 26.2 Å². The number of para-hydroxylation sites is 1. The van der Waals surface area contributed by atoms with Crippen molar-refractivity contribution in [1.29, 1.82) is 0 Å². The van der Waals surface area contributed by atoms with Crippen LogP contribution < -0.4 is 10.7 Å². The molecule has 0 saturated carbocycles. The van der Waals surface area contributed by atoms with Gasteiger partial charge in [-0.1, -0.05) is 92.8 Å². The van der Waals surface area contributed by atoms with E-state index in [0.29, 0.717) is 32.5 Å². The number of carbonyl (C=O) groups is 3. The van der Waals surface area contributed by atoms with Gasteiger partial charge in [0.15, 0.2) is 0 Å². The fraction of sp³-hybridized carbons (Fsp3) is 0.405. The highest BCUT2D eigenvalue weighted by atomic mass is 16.4. The third-order valence-electron chi connectivity index (χ3n) is 10.9.